The van der Waals surface area contributed by atoms with Crippen molar-refractivity contribution in [2.24, 2.45) is 0 Å². The van der Waals surface area contributed by atoms with Gasteiger partial charge in [-0.2, -0.15) is 5.26 Å². The van der Waals surface area contributed by atoms with E-state index in [-0.39, 0.29) is 5.41 Å². The van der Waals surface area contributed by atoms with Crippen LogP contribution in [0, 0.1) is 18.3 Å². The largest absolute Gasteiger partial charge is 0.239 e. The Morgan fingerprint density at radius 2 is 2.21 bits per heavy atom. The van der Waals surface area contributed by atoms with Crippen LogP contribution >= 0.6 is 27.3 Å². The SMILES string of the molecule is Cc1ccc(Br)cc1-c1csc(C2(C#N)CCC2)n1. The topological polar surface area (TPSA) is 36.7 Å². The van der Waals surface area contributed by atoms with Gasteiger partial charge in [-0.05, 0) is 43.9 Å². The number of nitriles is 1. The second-order valence-corrected chi connectivity index (χ2v) is 6.82. The Morgan fingerprint density at radius 1 is 1.42 bits per heavy atom. The molecule has 0 saturated heterocycles. The zero-order chi connectivity index (χ0) is 13.5. The molecule has 19 heavy (non-hydrogen) atoms. The van der Waals surface area contributed by atoms with Gasteiger partial charge < -0.3 is 0 Å². The van der Waals surface area contributed by atoms with E-state index in [2.05, 4.69) is 46.4 Å². The molecule has 0 amide bonds. The van der Waals surface area contributed by atoms with Gasteiger partial charge in [-0.1, -0.05) is 22.0 Å². The lowest BCUT2D eigenvalue weighted by atomic mass is 9.70. The molecule has 1 aromatic carbocycles. The van der Waals surface area contributed by atoms with Crippen molar-refractivity contribution < 1.29 is 0 Å². The van der Waals surface area contributed by atoms with Crippen molar-refractivity contribution >= 4 is 27.3 Å². The van der Waals surface area contributed by atoms with Crippen LogP contribution in [0.5, 0.6) is 0 Å². The Balaban J connectivity index is 2.02. The minimum Gasteiger partial charge on any atom is -0.239 e. The van der Waals surface area contributed by atoms with Crippen LogP contribution < -0.4 is 0 Å². The summed E-state index contributed by atoms with van der Waals surface area (Å²) in [6.07, 6.45) is 3.04. The molecule has 4 heteroatoms. The molecule has 1 fully saturated rings. The van der Waals surface area contributed by atoms with E-state index in [0.717, 1.165) is 40.0 Å². The lowest BCUT2D eigenvalue weighted by molar-refractivity contribution is 0.323. The highest BCUT2D eigenvalue weighted by atomic mass is 79.9. The van der Waals surface area contributed by atoms with Crippen LogP contribution in [-0.2, 0) is 5.41 Å². The minimum absolute atomic E-state index is 0.303. The molecule has 0 aliphatic heterocycles. The molecule has 0 N–H and O–H groups in total. The molecule has 0 atom stereocenters. The van der Waals surface area contributed by atoms with Crippen molar-refractivity contribution in [1.82, 2.24) is 4.98 Å². The van der Waals surface area contributed by atoms with E-state index in [4.69, 9.17) is 4.98 Å². The summed E-state index contributed by atoms with van der Waals surface area (Å²) in [6, 6.07) is 8.67. The van der Waals surface area contributed by atoms with Crippen molar-refractivity contribution in [3.63, 3.8) is 0 Å². The molecule has 0 bridgehead atoms. The van der Waals surface area contributed by atoms with Gasteiger partial charge in [0, 0.05) is 15.4 Å². The zero-order valence-corrected chi connectivity index (χ0v) is 13.0. The summed E-state index contributed by atoms with van der Waals surface area (Å²) in [7, 11) is 0. The average molecular weight is 333 g/mol. The number of hydrogen-bond donors (Lipinski definition) is 0. The lowest BCUT2D eigenvalue weighted by Gasteiger charge is -2.32. The third kappa shape index (κ3) is 2.11. The standard InChI is InChI=1S/C15H13BrN2S/c1-10-3-4-11(16)7-12(10)13-8-19-14(18-13)15(9-17)5-2-6-15/h3-4,7-8H,2,5-6H2,1H3. The average Bonchev–Trinajstić information content (AvgIpc) is 2.81. The summed E-state index contributed by atoms with van der Waals surface area (Å²) in [4.78, 5) is 4.72. The maximum atomic E-state index is 9.38. The molecule has 1 saturated carbocycles. The zero-order valence-electron chi connectivity index (χ0n) is 10.6. The maximum Gasteiger partial charge on any atom is 0.114 e. The summed E-state index contributed by atoms with van der Waals surface area (Å²) >= 11 is 5.12. The lowest BCUT2D eigenvalue weighted by Crippen LogP contribution is -2.32. The van der Waals surface area contributed by atoms with Gasteiger partial charge in [0.1, 0.15) is 10.4 Å². The van der Waals surface area contributed by atoms with Gasteiger partial charge in [0.15, 0.2) is 0 Å². The molecule has 3 rings (SSSR count). The molecular formula is C15H13BrN2S. The summed E-state index contributed by atoms with van der Waals surface area (Å²) in [5.74, 6) is 0. The Bertz CT molecular complexity index is 665. The van der Waals surface area contributed by atoms with Crippen LogP contribution in [-0.4, -0.2) is 4.98 Å². The van der Waals surface area contributed by atoms with E-state index in [1.54, 1.807) is 11.3 Å². The number of benzene rings is 1. The molecule has 1 aromatic heterocycles. The summed E-state index contributed by atoms with van der Waals surface area (Å²) < 4.78 is 1.06. The Morgan fingerprint density at radius 3 is 2.84 bits per heavy atom. The molecule has 1 aliphatic carbocycles. The van der Waals surface area contributed by atoms with E-state index < -0.39 is 0 Å². The van der Waals surface area contributed by atoms with E-state index in [9.17, 15) is 5.26 Å². The summed E-state index contributed by atoms with van der Waals surface area (Å²) in [5.41, 5.74) is 3.03. The molecule has 1 heterocycles. The van der Waals surface area contributed by atoms with Gasteiger partial charge in [0.05, 0.1) is 11.8 Å². The second-order valence-electron chi connectivity index (χ2n) is 5.04. The maximum absolute atomic E-state index is 9.38. The van der Waals surface area contributed by atoms with Gasteiger partial charge in [0.2, 0.25) is 0 Å². The number of hydrogen-bond acceptors (Lipinski definition) is 3. The summed E-state index contributed by atoms with van der Waals surface area (Å²) in [5, 5.41) is 12.4. The molecule has 96 valence electrons. The summed E-state index contributed by atoms with van der Waals surface area (Å²) in [6.45, 7) is 2.09. The van der Waals surface area contributed by atoms with Crippen molar-refractivity contribution in [2.45, 2.75) is 31.6 Å². The Labute approximate surface area is 125 Å². The smallest absolute Gasteiger partial charge is 0.114 e. The third-order valence-corrected chi connectivity index (χ3v) is 5.35. The fourth-order valence-corrected chi connectivity index (χ4v) is 3.78. The van der Waals surface area contributed by atoms with Gasteiger partial charge in [-0.3, -0.25) is 0 Å². The van der Waals surface area contributed by atoms with Gasteiger partial charge >= 0.3 is 0 Å². The van der Waals surface area contributed by atoms with E-state index in [1.165, 1.54) is 5.56 Å². The molecule has 2 nitrogen and oxygen atoms in total. The van der Waals surface area contributed by atoms with Crippen molar-refractivity contribution in [1.29, 1.82) is 5.26 Å². The predicted octanol–water partition coefficient (Wildman–Crippen LogP) is 4.83. The van der Waals surface area contributed by atoms with E-state index >= 15 is 0 Å². The van der Waals surface area contributed by atoms with Gasteiger partial charge in [0.25, 0.3) is 0 Å². The number of thiazole rings is 1. The fraction of sp³-hybridized carbons (Fsp3) is 0.333. The molecule has 0 unspecified atom stereocenters. The molecular weight excluding hydrogens is 320 g/mol. The van der Waals surface area contributed by atoms with Crippen molar-refractivity contribution in [2.75, 3.05) is 0 Å². The highest BCUT2D eigenvalue weighted by Gasteiger charge is 2.41. The van der Waals surface area contributed by atoms with Gasteiger partial charge in [-0.25, -0.2) is 4.98 Å². The molecule has 1 aliphatic rings. The normalized spacial score (nSPS) is 16.7. The Hall–Kier alpha value is -1.18. The highest BCUT2D eigenvalue weighted by Crippen LogP contribution is 2.45. The quantitative estimate of drug-likeness (QED) is 0.789. The third-order valence-electron chi connectivity index (χ3n) is 3.81. The first-order valence-corrected chi connectivity index (χ1v) is 7.96. The van der Waals surface area contributed by atoms with Crippen molar-refractivity contribution in [3.8, 4) is 17.3 Å². The van der Waals surface area contributed by atoms with Crippen LogP contribution in [0.25, 0.3) is 11.3 Å². The monoisotopic (exact) mass is 332 g/mol. The van der Waals surface area contributed by atoms with Crippen LogP contribution in [0.2, 0.25) is 0 Å². The van der Waals surface area contributed by atoms with E-state index in [0.29, 0.717) is 0 Å². The van der Waals surface area contributed by atoms with Crippen molar-refractivity contribution in [3.05, 3.63) is 38.6 Å². The first kappa shape index (κ1) is 12.8. The van der Waals surface area contributed by atoms with Gasteiger partial charge in [-0.15, -0.1) is 11.3 Å². The molecule has 0 radical (unpaired) electrons. The number of halogens is 1. The number of aromatic nitrogens is 1. The van der Waals surface area contributed by atoms with Crippen LogP contribution in [0.4, 0.5) is 0 Å². The predicted molar refractivity (Wildman–Crippen MR) is 81.1 cm³/mol. The fourth-order valence-electron chi connectivity index (χ4n) is 2.39. The highest BCUT2D eigenvalue weighted by molar-refractivity contribution is 9.10. The molecule has 0 spiro atoms. The first-order valence-electron chi connectivity index (χ1n) is 6.28. The number of aryl methyl sites for hydroxylation is 1. The second kappa shape index (κ2) is 4.73. The minimum atomic E-state index is -0.303. The van der Waals surface area contributed by atoms with Crippen LogP contribution in [0.1, 0.15) is 29.8 Å². The first-order chi connectivity index (χ1) is 9.14. The number of rotatable bonds is 2. The molecule has 2 aromatic rings. The number of nitrogens with zero attached hydrogens (tertiary/aromatic N) is 2. The van der Waals surface area contributed by atoms with Crippen LogP contribution in [0.15, 0.2) is 28.1 Å². The van der Waals surface area contributed by atoms with E-state index in [1.807, 2.05) is 6.07 Å². The van der Waals surface area contributed by atoms with Crippen LogP contribution in [0.3, 0.4) is 0 Å². The Kier molecular flexibility index (Phi) is 3.20.